The second kappa shape index (κ2) is 4.90. The third-order valence-electron chi connectivity index (χ3n) is 3.02. The van der Waals surface area contributed by atoms with Gasteiger partial charge in [-0.2, -0.15) is 0 Å². The van der Waals surface area contributed by atoms with Crippen LogP contribution >= 0.6 is 22.9 Å². The van der Waals surface area contributed by atoms with Gasteiger partial charge in [-0.1, -0.05) is 11.6 Å². The van der Waals surface area contributed by atoms with Crippen LogP contribution in [0.4, 0.5) is 5.95 Å². The van der Waals surface area contributed by atoms with Crippen LogP contribution in [0.1, 0.15) is 32.2 Å². The van der Waals surface area contributed by atoms with Gasteiger partial charge in [0, 0.05) is 10.6 Å². The van der Waals surface area contributed by atoms with Crippen LogP contribution in [0.5, 0.6) is 0 Å². The Balaban J connectivity index is 1.80. The second-order valence-corrected chi connectivity index (χ2v) is 6.05. The summed E-state index contributed by atoms with van der Waals surface area (Å²) in [5.41, 5.74) is 2.03. The molecule has 0 aliphatic heterocycles. The monoisotopic (exact) mass is 293 g/mol. The van der Waals surface area contributed by atoms with Crippen LogP contribution in [-0.2, 0) is 12.8 Å². The van der Waals surface area contributed by atoms with Gasteiger partial charge in [0.2, 0.25) is 5.95 Å². The lowest BCUT2D eigenvalue weighted by Crippen LogP contribution is -2.13. The first-order valence-corrected chi connectivity index (χ1v) is 7.25. The quantitative estimate of drug-likeness (QED) is 0.865. The molecule has 0 saturated carbocycles. The van der Waals surface area contributed by atoms with E-state index in [1.807, 2.05) is 13.0 Å². The molecule has 4 nitrogen and oxygen atoms in total. The zero-order valence-electron chi connectivity index (χ0n) is 10.4. The van der Waals surface area contributed by atoms with Crippen LogP contribution in [0.25, 0.3) is 0 Å². The molecule has 0 atom stereocenters. The Kier molecular flexibility index (Phi) is 3.24. The van der Waals surface area contributed by atoms with E-state index in [0.717, 1.165) is 18.5 Å². The summed E-state index contributed by atoms with van der Waals surface area (Å²) in [4.78, 5) is 22.3. The van der Waals surface area contributed by atoms with E-state index in [0.29, 0.717) is 10.0 Å². The lowest BCUT2D eigenvalue weighted by Gasteiger charge is -2.03. The minimum Gasteiger partial charge on any atom is -0.290 e. The molecule has 3 rings (SSSR count). The molecule has 1 N–H and O–H groups in total. The summed E-state index contributed by atoms with van der Waals surface area (Å²) in [7, 11) is 0. The molecule has 1 aliphatic rings. The van der Waals surface area contributed by atoms with E-state index in [4.69, 9.17) is 11.6 Å². The SMILES string of the molecule is Cc1cc(Cl)nc(NC(=O)c2cc3c(s2)CCC3)n1. The van der Waals surface area contributed by atoms with Crippen molar-refractivity contribution in [2.75, 3.05) is 5.32 Å². The van der Waals surface area contributed by atoms with Gasteiger partial charge in [-0.25, -0.2) is 9.97 Å². The Morgan fingerprint density at radius 2 is 2.21 bits per heavy atom. The number of rotatable bonds is 2. The molecule has 19 heavy (non-hydrogen) atoms. The van der Waals surface area contributed by atoms with Gasteiger partial charge in [-0.05, 0) is 43.9 Å². The van der Waals surface area contributed by atoms with E-state index in [9.17, 15) is 4.79 Å². The smallest absolute Gasteiger partial charge is 0.268 e. The number of anilines is 1. The van der Waals surface area contributed by atoms with Crippen molar-refractivity contribution in [3.8, 4) is 0 Å². The number of amides is 1. The highest BCUT2D eigenvalue weighted by atomic mass is 35.5. The largest absolute Gasteiger partial charge is 0.290 e. The fraction of sp³-hybridized carbons (Fsp3) is 0.308. The third kappa shape index (κ3) is 2.62. The summed E-state index contributed by atoms with van der Waals surface area (Å²) in [6, 6.07) is 3.62. The van der Waals surface area contributed by atoms with Gasteiger partial charge in [0.05, 0.1) is 4.88 Å². The predicted molar refractivity (Wildman–Crippen MR) is 76.1 cm³/mol. The lowest BCUT2D eigenvalue weighted by atomic mass is 10.2. The van der Waals surface area contributed by atoms with Crippen molar-refractivity contribution in [3.63, 3.8) is 0 Å². The van der Waals surface area contributed by atoms with Gasteiger partial charge in [0.15, 0.2) is 0 Å². The molecule has 0 spiro atoms. The average molecular weight is 294 g/mol. The fourth-order valence-electron chi connectivity index (χ4n) is 2.19. The lowest BCUT2D eigenvalue weighted by molar-refractivity contribution is 0.102. The number of carbonyl (C=O) groups is 1. The maximum absolute atomic E-state index is 12.1. The highest BCUT2D eigenvalue weighted by Gasteiger charge is 2.19. The van der Waals surface area contributed by atoms with Crippen LogP contribution in [-0.4, -0.2) is 15.9 Å². The van der Waals surface area contributed by atoms with Crippen molar-refractivity contribution in [2.24, 2.45) is 0 Å². The number of nitrogens with one attached hydrogen (secondary N) is 1. The summed E-state index contributed by atoms with van der Waals surface area (Å²) in [5.74, 6) is 0.0876. The topological polar surface area (TPSA) is 54.9 Å². The van der Waals surface area contributed by atoms with Crippen molar-refractivity contribution in [1.29, 1.82) is 0 Å². The number of aryl methyl sites for hydroxylation is 3. The van der Waals surface area contributed by atoms with Crippen LogP contribution in [0.15, 0.2) is 12.1 Å². The Bertz CT molecular complexity index is 612. The van der Waals surface area contributed by atoms with Crippen LogP contribution in [0.3, 0.4) is 0 Å². The van der Waals surface area contributed by atoms with E-state index >= 15 is 0 Å². The Hall–Kier alpha value is -1.46. The highest BCUT2D eigenvalue weighted by Crippen LogP contribution is 2.30. The molecule has 0 unspecified atom stereocenters. The number of fused-ring (bicyclic) bond motifs is 1. The number of nitrogens with zero attached hydrogens (tertiary/aromatic N) is 2. The second-order valence-electron chi connectivity index (χ2n) is 4.52. The number of aromatic nitrogens is 2. The molecule has 98 valence electrons. The van der Waals surface area contributed by atoms with E-state index in [2.05, 4.69) is 15.3 Å². The molecule has 0 aromatic carbocycles. The van der Waals surface area contributed by atoms with Crippen molar-refractivity contribution >= 4 is 34.8 Å². The van der Waals surface area contributed by atoms with E-state index in [1.165, 1.54) is 16.9 Å². The first-order chi connectivity index (χ1) is 9.11. The molecular weight excluding hydrogens is 282 g/mol. The molecule has 0 radical (unpaired) electrons. The van der Waals surface area contributed by atoms with E-state index in [1.54, 1.807) is 17.4 Å². The Labute approximate surface area is 119 Å². The summed E-state index contributed by atoms with van der Waals surface area (Å²) < 4.78 is 0. The van der Waals surface area contributed by atoms with Crippen LogP contribution < -0.4 is 5.32 Å². The molecule has 1 amide bonds. The summed E-state index contributed by atoms with van der Waals surface area (Å²) >= 11 is 7.40. The molecular formula is C13H12ClN3OS. The molecule has 0 saturated heterocycles. The Morgan fingerprint density at radius 1 is 1.37 bits per heavy atom. The number of hydrogen-bond acceptors (Lipinski definition) is 4. The van der Waals surface area contributed by atoms with Crippen LogP contribution in [0, 0.1) is 6.92 Å². The van der Waals surface area contributed by atoms with Crippen molar-refractivity contribution in [2.45, 2.75) is 26.2 Å². The average Bonchev–Trinajstić information content (AvgIpc) is 2.86. The van der Waals surface area contributed by atoms with Gasteiger partial charge >= 0.3 is 0 Å². The van der Waals surface area contributed by atoms with Gasteiger partial charge in [0.25, 0.3) is 5.91 Å². The third-order valence-corrected chi connectivity index (χ3v) is 4.45. The molecule has 0 fully saturated rings. The normalized spacial score (nSPS) is 13.4. The first-order valence-electron chi connectivity index (χ1n) is 6.06. The number of halogens is 1. The standard InChI is InChI=1S/C13H12ClN3OS/c1-7-5-11(14)16-13(15-7)17-12(18)10-6-8-3-2-4-9(8)19-10/h5-6H,2-4H2,1H3,(H,15,16,17,18). The zero-order chi connectivity index (χ0) is 13.4. The van der Waals surface area contributed by atoms with Gasteiger partial charge in [-0.3, -0.25) is 10.1 Å². The zero-order valence-corrected chi connectivity index (χ0v) is 11.9. The van der Waals surface area contributed by atoms with Crippen LogP contribution in [0.2, 0.25) is 5.15 Å². The van der Waals surface area contributed by atoms with Crippen molar-refractivity contribution in [1.82, 2.24) is 9.97 Å². The number of thiophene rings is 1. The molecule has 6 heteroatoms. The summed E-state index contributed by atoms with van der Waals surface area (Å²) in [6.45, 7) is 1.81. The molecule has 2 aromatic rings. The molecule has 2 heterocycles. The van der Waals surface area contributed by atoms with E-state index in [-0.39, 0.29) is 11.9 Å². The molecule has 2 aromatic heterocycles. The minimum absolute atomic E-state index is 0.166. The molecule has 1 aliphatic carbocycles. The number of hydrogen-bond donors (Lipinski definition) is 1. The fourth-order valence-corrected chi connectivity index (χ4v) is 3.58. The van der Waals surface area contributed by atoms with Gasteiger partial charge in [0.1, 0.15) is 5.15 Å². The minimum atomic E-state index is -0.166. The van der Waals surface area contributed by atoms with Crippen molar-refractivity contribution < 1.29 is 4.79 Å². The summed E-state index contributed by atoms with van der Waals surface area (Å²) in [6.07, 6.45) is 3.35. The Morgan fingerprint density at radius 3 is 2.95 bits per heavy atom. The van der Waals surface area contributed by atoms with E-state index < -0.39 is 0 Å². The number of carbonyl (C=O) groups excluding carboxylic acids is 1. The van der Waals surface area contributed by atoms with Crippen molar-refractivity contribution in [3.05, 3.63) is 38.3 Å². The molecule has 0 bridgehead atoms. The van der Waals surface area contributed by atoms with Gasteiger partial charge < -0.3 is 0 Å². The predicted octanol–water partition coefficient (Wildman–Crippen LogP) is 3.24. The first kappa shape index (κ1) is 12.6. The van der Waals surface area contributed by atoms with Gasteiger partial charge in [-0.15, -0.1) is 11.3 Å². The highest BCUT2D eigenvalue weighted by molar-refractivity contribution is 7.14. The maximum atomic E-state index is 12.1. The maximum Gasteiger partial charge on any atom is 0.268 e. The summed E-state index contributed by atoms with van der Waals surface area (Å²) in [5, 5.41) is 3.02.